The summed E-state index contributed by atoms with van der Waals surface area (Å²) < 4.78 is 5.86. The van der Waals surface area contributed by atoms with Crippen LogP contribution in [0.2, 0.25) is 10.0 Å². The lowest BCUT2D eigenvalue weighted by Crippen LogP contribution is -2.52. The van der Waals surface area contributed by atoms with Crippen LogP contribution in [0.3, 0.4) is 0 Å². The van der Waals surface area contributed by atoms with E-state index < -0.39 is 0 Å². The molecule has 2 nitrogen and oxygen atoms in total. The third-order valence-electron chi connectivity index (χ3n) is 4.13. The highest BCUT2D eigenvalue weighted by atomic mass is 35.5. The molecular weight excluding hydrogens is 293 g/mol. The smallest absolute Gasteiger partial charge is 0.0828 e. The fraction of sp³-hybridized carbons (Fsp3) is 0.625. The Labute approximate surface area is 132 Å². The average Bonchev–Trinajstić information content (AvgIpc) is 2.44. The van der Waals surface area contributed by atoms with Gasteiger partial charge in [-0.15, -0.1) is 0 Å². The molecule has 1 aromatic rings. The molecule has 0 spiro atoms. The molecule has 0 radical (unpaired) electrons. The first-order valence-corrected chi connectivity index (χ1v) is 8.01. The van der Waals surface area contributed by atoms with Crippen LogP contribution >= 0.6 is 23.2 Å². The Morgan fingerprint density at radius 1 is 1.20 bits per heavy atom. The van der Waals surface area contributed by atoms with Gasteiger partial charge in [0.1, 0.15) is 0 Å². The minimum atomic E-state index is -0.168. The van der Waals surface area contributed by atoms with Crippen molar-refractivity contribution in [1.29, 1.82) is 0 Å². The van der Waals surface area contributed by atoms with Gasteiger partial charge in [0.25, 0.3) is 0 Å². The third-order valence-corrected chi connectivity index (χ3v) is 4.72. The van der Waals surface area contributed by atoms with E-state index >= 15 is 0 Å². The number of methoxy groups -OCH3 is 1. The summed E-state index contributed by atoms with van der Waals surface area (Å²) in [6, 6.07) is 5.92. The topological polar surface area (TPSA) is 21.3 Å². The summed E-state index contributed by atoms with van der Waals surface area (Å²) in [6.45, 7) is 7.35. The summed E-state index contributed by atoms with van der Waals surface area (Å²) in [4.78, 5) is 0. The lowest BCUT2D eigenvalue weighted by molar-refractivity contribution is -0.0468. The molecule has 0 amide bonds. The molecule has 0 aromatic heterocycles. The van der Waals surface area contributed by atoms with E-state index in [1.165, 1.54) is 0 Å². The predicted octanol–water partition coefficient (Wildman–Crippen LogP) is 4.72. The van der Waals surface area contributed by atoms with Gasteiger partial charge in [-0.25, -0.2) is 0 Å². The van der Waals surface area contributed by atoms with Crippen molar-refractivity contribution in [2.45, 2.75) is 51.7 Å². The fourth-order valence-corrected chi connectivity index (χ4v) is 3.26. The van der Waals surface area contributed by atoms with Crippen molar-refractivity contribution in [3.63, 3.8) is 0 Å². The molecule has 0 aliphatic heterocycles. The molecular formula is C16H25Cl2NO. The molecule has 20 heavy (non-hydrogen) atoms. The van der Waals surface area contributed by atoms with Crippen LogP contribution < -0.4 is 5.32 Å². The predicted molar refractivity (Wildman–Crippen MR) is 88.0 cm³/mol. The van der Waals surface area contributed by atoms with E-state index in [0.717, 1.165) is 36.4 Å². The van der Waals surface area contributed by atoms with Gasteiger partial charge in [0.05, 0.1) is 5.60 Å². The van der Waals surface area contributed by atoms with Crippen molar-refractivity contribution in [3.05, 3.63) is 33.8 Å². The maximum absolute atomic E-state index is 6.30. The minimum absolute atomic E-state index is 0.168. The van der Waals surface area contributed by atoms with Crippen molar-refractivity contribution in [1.82, 2.24) is 5.32 Å². The second-order valence-corrected chi connectivity index (χ2v) is 5.87. The van der Waals surface area contributed by atoms with Crippen molar-refractivity contribution < 1.29 is 4.74 Å². The van der Waals surface area contributed by atoms with Crippen molar-refractivity contribution >= 4 is 23.2 Å². The largest absolute Gasteiger partial charge is 0.377 e. The molecule has 4 heteroatoms. The van der Waals surface area contributed by atoms with Crippen LogP contribution in [-0.4, -0.2) is 25.3 Å². The first kappa shape index (κ1) is 17.8. The summed E-state index contributed by atoms with van der Waals surface area (Å²) in [5.74, 6) is 0. The molecule has 0 heterocycles. The summed E-state index contributed by atoms with van der Waals surface area (Å²) in [6.07, 6.45) is 2.76. The summed E-state index contributed by atoms with van der Waals surface area (Å²) in [5, 5.41) is 4.94. The molecule has 0 saturated heterocycles. The van der Waals surface area contributed by atoms with Crippen LogP contribution in [0.1, 0.15) is 39.2 Å². The standard InChI is InChI=1S/C16H25Cl2NO/c1-5-16(6-2,20-4)15(19-7-3)10-12-8-9-13(17)11-14(12)18/h8-9,11,15,19H,5-7,10H2,1-4H3. The van der Waals surface area contributed by atoms with Gasteiger partial charge in [0.15, 0.2) is 0 Å². The Kier molecular flexibility index (Phi) is 7.32. The normalized spacial score (nSPS) is 13.5. The number of benzene rings is 1. The van der Waals surface area contributed by atoms with Gasteiger partial charge < -0.3 is 10.1 Å². The van der Waals surface area contributed by atoms with E-state index in [9.17, 15) is 0 Å². The van der Waals surface area contributed by atoms with E-state index in [1.807, 2.05) is 12.1 Å². The third kappa shape index (κ3) is 4.11. The summed E-state index contributed by atoms with van der Waals surface area (Å²) in [7, 11) is 1.79. The first-order chi connectivity index (χ1) is 9.52. The van der Waals surface area contributed by atoms with Gasteiger partial charge >= 0.3 is 0 Å². The van der Waals surface area contributed by atoms with E-state index in [1.54, 1.807) is 13.2 Å². The molecule has 1 N–H and O–H groups in total. The molecule has 1 aromatic carbocycles. The van der Waals surface area contributed by atoms with E-state index in [-0.39, 0.29) is 11.6 Å². The molecule has 114 valence electrons. The van der Waals surface area contributed by atoms with Gasteiger partial charge in [0, 0.05) is 23.2 Å². The molecule has 0 bridgehead atoms. The number of likely N-dealkylation sites (N-methyl/N-ethyl adjacent to an activating group) is 1. The number of ether oxygens (including phenoxy) is 1. The highest BCUT2D eigenvalue weighted by molar-refractivity contribution is 6.35. The first-order valence-electron chi connectivity index (χ1n) is 7.25. The van der Waals surface area contributed by atoms with Crippen molar-refractivity contribution in [2.24, 2.45) is 0 Å². The summed E-state index contributed by atoms with van der Waals surface area (Å²) >= 11 is 12.3. The lowest BCUT2D eigenvalue weighted by atomic mass is 9.84. The summed E-state index contributed by atoms with van der Waals surface area (Å²) in [5.41, 5.74) is 0.934. The molecule has 1 unspecified atom stereocenters. The average molecular weight is 318 g/mol. The van der Waals surface area contributed by atoms with E-state index in [0.29, 0.717) is 5.02 Å². The lowest BCUT2D eigenvalue weighted by Gasteiger charge is -2.39. The zero-order chi connectivity index (χ0) is 15.2. The van der Waals surface area contributed by atoms with Crippen LogP contribution in [0.5, 0.6) is 0 Å². The van der Waals surface area contributed by atoms with Gasteiger partial charge in [-0.3, -0.25) is 0 Å². The van der Waals surface area contributed by atoms with Gasteiger partial charge in [-0.2, -0.15) is 0 Å². The molecule has 1 rings (SSSR count). The molecule has 0 aliphatic rings. The second-order valence-electron chi connectivity index (χ2n) is 5.03. The second kappa shape index (κ2) is 8.23. The zero-order valence-electron chi connectivity index (χ0n) is 12.8. The highest BCUT2D eigenvalue weighted by Crippen LogP contribution is 2.29. The van der Waals surface area contributed by atoms with E-state index in [4.69, 9.17) is 27.9 Å². The quantitative estimate of drug-likeness (QED) is 0.749. The molecule has 0 aliphatic carbocycles. The number of rotatable bonds is 8. The van der Waals surface area contributed by atoms with Crippen molar-refractivity contribution in [3.8, 4) is 0 Å². The zero-order valence-corrected chi connectivity index (χ0v) is 14.3. The Morgan fingerprint density at radius 2 is 1.85 bits per heavy atom. The van der Waals surface area contributed by atoms with Gasteiger partial charge in [-0.05, 0) is 43.5 Å². The maximum atomic E-state index is 6.30. The van der Waals surface area contributed by atoms with Crippen molar-refractivity contribution in [2.75, 3.05) is 13.7 Å². The molecule has 0 saturated carbocycles. The van der Waals surface area contributed by atoms with Crippen LogP contribution in [0.4, 0.5) is 0 Å². The SMILES string of the molecule is CCNC(Cc1ccc(Cl)cc1Cl)C(CC)(CC)OC. The number of nitrogens with one attached hydrogen (secondary N) is 1. The van der Waals surface area contributed by atoms with Crippen LogP contribution in [0.25, 0.3) is 0 Å². The number of halogens is 2. The molecule has 0 fully saturated rings. The van der Waals surface area contributed by atoms with E-state index in [2.05, 4.69) is 26.1 Å². The molecule has 1 atom stereocenters. The number of hydrogen-bond acceptors (Lipinski definition) is 2. The Morgan fingerprint density at radius 3 is 2.30 bits per heavy atom. The van der Waals surface area contributed by atoms with Crippen LogP contribution in [-0.2, 0) is 11.2 Å². The van der Waals surface area contributed by atoms with Gasteiger partial charge in [0.2, 0.25) is 0 Å². The van der Waals surface area contributed by atoms with Crippen LogP contribution in [0, 0.1) is 0 Å². The Balaban J connectivity index is 3.02. The highest BCUT2D eigenvalue weighted by Gasteiger charge is 2.35. The maximum Gasteiger partial charge on any atom is 0.0828 e. The number of hydrogen-bond donors (Lipinski definition) is 1. The Bertz CT molecular complexity index is 411. The minimum Gasteiger partial charge on any atom is -0.377 e. The van der Waals surface area contributed by atoms with Gasteiger partial charge in [-0.1, -0.05) is 50.0 Å². The fourth-order valence-electron chi connectivity index (χ4n) is 2.77. The van der Waals surface area contributed by atoms with Crippen LogP contribution in [0.15, 0.2) is 18.2 Å². The monoisotopic (exact) mass is 317 g/mol. The Hall–Kier alpha value is -0.280.